The van der Waals surface area contributed by atoms with Crippen molar-refractivity contribution in [3.63, 3.8) is 0 Å². The Morgan fingerprint density at radius 2 is 1.79 bits per heavy atom. The number of nitrogens with zero attached hydrogens (tertiary/aromatic N) is 2. The summed E-state index contributed by atoms with van der Waals surface area (Å²) in [5.74, 6) is 0.703. The number of aromatic nitrogens is 1. The van der Waals surface area contributed by atoms with Crippen LogP contribution in [-0.4, -0.2) is 37.6 Å². The molecule has 0 atom stereocenters. The monoisotopic (exact) mass is 370 g/mol. The maximum atomic E-state index is 12.0. The number of para-hydroxylation sites is 1. The predicted octanol–water partition coefficient (Wildman–Crippen LogP) is 3.03. The molecule has 0 saturated heterocycles. The largest absolute Gasteiger partial charge is 0.351 e. The number of carbonyl (C=O) groups is 1. The number of benzene rings is 1. The van der Waals surface area contributed by atoms with Crippen LogP contribution in [0.2, 0.25) is 0 Å². The summed E-state index contributed by atoms with van der Waals surface area (Å²) in [6.45, 7) is 4.31. The Morgan fingerprint density at radius 1 is 1.08 bits per heavy atom. The van der Waals surface area contributed by atoms with Crippen molar-refractivity contribution in [2.75, 3.05) is 31.6 Å². The third kappa shape index (κ3) is 6.35. The molecule has 1 amide bonds. The van der Waals surface area contributed by atoms with Crippen LogP contribution in [-0.2, 0) is 0 Å². The molecule has 0 aliphatic rings. The fourth-order valence-electron chi connectivity index (χ4n) is 2.05. The van der Waals surface area contributed by atoms with Crippen LogP contribution in [0.4, 0.5) is 11.5 Å². The van der Waals surface area contributed by atoms with Gasteiger partial charge in [-0.05, 0) is 30.8 Å². The molecule has 0 bridgehead atoms. The first-order valence-corrected chi connectivity index (χ1v) is 7.46. The summed E-state index contributed by atoms with van der Waals surface area (Å²) < 4.78 is 0. The highest BCUT2D eigenvalue weighted by molar-refractivity contribution is 5.94. The maximum Gasteiger partial charge on any atom is 0.252 e. The number of amides is 1. The van der Waals surface area contributed by atoms with E-state index in [2.05, 4.69) is 15.6 Å². The molecule has 0 fully saturated rings. The molecule has 1 aromatic heterocycles. The molecule has 0 saturated carbocycles. The summed E-state index contributed by atoms with van der Waals surface area (Å²) in [6, 6.07) is 13.6. The number of nitrogens with one attached hydrogen (secondary N) is 2. The molecule has 0 aliphatic heterocycles. The number of hydrogen-bond donors (Lipinski definition) is 2. The number of rotatable bonds is 7. The minimum Gasteiger partial charge on any atom is -0.351 e. The molecule has 5 nitrogen and oxygen atoms in total. The molecule has 2 rings (SSSR count). The maximum absolute atomic E-state index is 12.0. The van der Waals surface area contributed by atoms with Gasteiger partial charge in [-0.25, -0.2) is 4.98 Å². The molecule has 0 spiro atoms. The lowest BCUT2D eigenvalue weighted by molar-refractivity contribution is 0.0953. The fourth-order valence-corrected chi connectivity index (χ4v) is 2.05. The van der Waals surface area contributed by atoms with Gasteiger partial charge in [-0.1, -0.05) is 25.1 Å². The first kappa shape index (κ1) is 22.2. The van der Waals surface area contributed by atoms with Gasteiger partial charge in [0.25, 0.3) is 5.91 Å². The van der Waals surface area contributed by atoms with Gasteiger partial charge in [0.1, 0.15) is 5.82 Å². The van der Waals surface area contributed by atoms with Crippen LogP contribution in [0.25, 0.3) is 0 Å². The molecule has 1 heterocycles. The second-order valence-electron chi connectivity index (χ2n) is 4.91. The van der Waals surface area contributed by atoms with Gasteiger partial charge in [-0.2, -0.15) is 0 Å². The molecular formula is C17H24Cl2N4O. The minimum absolute atomic E-state index is 0. The normalized spacial score (nSPS) is 9.42. The minimum atomic E-state index is -0.0979. The predicted molar refractivity (Wildman–Crippen MR) is 104 cm³/mol. The Labute approximate surface area is 155 Å². The van der Waals surface area contributed by atoms with Crippen molar-refractivity contribution in [1.29, 1.82) is 0 Å². The van der Waals surface area contributed by atoms with Gasteiger partial charge < -0.3 is 15.5 Å². The number of hydrogen-bond acceptors (Lipinski definition) is 4. The summed E-state index contributed by atoms with van der Waals surface area (Å²) in [5, 5.41) is 6.02. The second-order valence-corrected chi connectivity index (χ2v) is 4.91. The number of likely N-dealkylation sites (N-methyl/N-ethyl adjacent to an activating group) is 1. The smallest absolute Gasteiger partial charge is 0.252 e. The molecule has 1 aromatic carbocycles. The zero-order chi connectivity index (χ0) is 15.8. The van der Waals surface area contributed by atoms with E-state index in [0.29, 0.717) is 12.1 Å². The van der Waals surface area contributed by atoms with E-state index in [1.807, 2.05) is 55.3 Å². The lowest BCUT2D eigenvalue weighted by atomic mass is 10.2. The van der Waals surface area contributed by atoms with Crippen molar-refractivity contribution in [2.24, 2.45) is 0 Å². The molecule has 0 aliphatic carbocycles. The lowest BCUT2D eigenvalue weighted by Gasteiger charge is -2.18. The quantitative estimate of drug-likeness (QED) is 0.735. The third-order valence-electron chi connectivity index (χ3n) is 3.33. The van der Waals surface area contributed by atoms with Gasteiger partial charge in [0.2, 0.25) is 0 Å². The van der Waals surface area contributed by atoms with Gasteiger partial charge in [0.05, 0.1) is 5.56 Å². The van der Waals surface area contributed by atoms with Crippen LogP contribution in [0.1, 0.15) is 17.3 Å². The van der Waals surface area contributed by atoms with Crippen LogP contribution in [0.5, 0.6) is 0 Å². The Balaban J connectivity index is 0.00000264. The average Bonchev–Trinajstić information content (AvgIpc) is 2.59. The summed E-state index contributed by atoms with van der Waals surface area (Å²) in [6.07, 6.45) is 1.61. The first-order chi connectivity index (χ1) is 10.7. The standard InChI is InChI=1S/C17H22N4O.2ClH/c1-3-18-11-12-19-17(22)14-9-10-16(20-13-14)21(2)15-7-5-4-6-8-15;;/h4-10,13,18H,3,11-12H2,1-2H3,(H,19,22);2*1H. The second kappa shape index (κ2) is 11.7. The summed E-state index contributed by atoms with van der Waals surface area (Å²) >= 11 is 0. The van der Waals surface area contributed by atoms with E-state index < -0.39 is 0 Å². The number of carbonyl (C=O) groups excluding carboxylic acids is 1. The van der Waals surface area contributed by atoms with E-state index in [-0.39, 0.29) is 30.7 Å². The highest BCUT2D eigenvalue weighted by Gasteiger charge is 2.08. The van der Waals surface area contributed by atoms with Crippen molar-refractivity contribution < 1.29 is 4.79 Å². The average molecular weight is 371 g/mol. The van der Waals surface area contributed by atoms with Gasteiger partial charge in [0.15, 0.2) is 0 Å². The number of halogens is 2. The molecule has 2 N–H and O–H groups in total. The van der Waals surface area contributed by atoms with Gasteiger partial charge >= 0.3 is 0 Å². The SMILES string of the molecule is CCNCCNC(=O)c1ccc(N(C)c2ccccc2)nc1.Cl.Cl. The van der Waals surface area contributed by atoms with E-state index in [1.165, 1.54) is 0 Å². The highest BCUT2D eigenvalue weighted by Crippen LogP contribution is 2.20. The Bertz CT molecular complexity index is 593. The lowest BCUT2D eigenvalue weighted by Crippen LogP contribution is -2.31. The van der Waals surface area contributed by atoms with Crippen LogP contribution >= 0.6 is 24.8 Å². The highest BCUT2D eigenvalue weighted by atomic mass is 35.5. The Hall–Kier alpha value is -1.82. The topological polar surface area (TPSA) is 57.3 Å². The summed E-state index contributed by atoms with van der Waals surface area (Å²) in [4.78, 5) is 18.3. The van der Waals surface area contributed by atoms with E-state index in [4.69, 9.17) is 0 Å². The van der Waals surface area contributed by atoms with Crippen LogP contribution < -0.4 is 15.5 Å². The number of pyridine rings is 1. The van der Waals surface area contributed by atoms with E-state index >= 15 is 0 Å². The Morgan fingerprint density at radius 3 is 2.38 bits per heavy atom. The molecule has 24 heavy (non-hydrogen) atoms. The first-order valence-electron chi connectivity index (χ1n) is 7.46. The molecule has 7 heteroatoms. The fraction of sp³-hybridized carbons (Fsp3) is 0.294. The van der Waals surface area contributed by atoms with Gasteiger partial charge in [-0.3, -0.25) is 4.79 Å². The van der Waals surface area contributed by atoms with Crippen molar-refractivity contribution in [2.45, 2.75) is 6.92 Å². The van der Waals surface area contributed by atoms with E-state index in [1.54, 1.807) is 12.3 Å². The number of anilines is 2. The molecule has 2 aromatic rings. The van der Waals surface area contributed by atoms with Crippen molar-refractivity contribution in [1.82, 2.24) is 15.6 Å². The van der Waals surface area contributed by atoms with Crippen LogP contribution in [0.3, 0.4) is 0 Å². The summed E-state index contributed by atoms with van der Waals surface area (Å²) in [5.41, 5.74) is 1.62. The molecular weight excluding hydrogens is 347 g/mol. The third-order valence-corrected chi connectivity index (χ3v) is 3.33. The zero-order valence-electron chi connectivity index (χ0n) is 13.9. The van der Waals surface area contributed by atoms with Gasteiger partial charge in [0, 0.05) is 32.0 Å². The zero-order valence-corrected chi connectivity index (χ0v) is 15.5. The Kier molecular flexibility index (Phi) is 10.8. The van der Waals surface area contributed by atoms with Crippen LogP contribution in [0, 0.1) is 0 Å². The molecule has 132 valence electrons. The molecule has 0 unspecified atom stereocenters. The van der Waals surface area contributed by atoms with E-state index in [9.17, 15) is 4.79 Å². The van der Waals surface area contributed by atoms with Crippen molar-refractivity contribution in [3.05, 3.63) is 54.2 Å². The van der Waals surface area contributed by atoms with Crippen molar-refractivity contribution >= 4 is 42.2 Å². The van der Waals surface area contributed by atoms with Crippen molar-refractivity contribution in [3.8, 4) is 0 Å². The molecule has 0 radical (unpaired) electrons. The van der Waals surface area contributed by atoms with E-state index in [0.717, 1.165) is 24.6 Å². The summed E-state index contributed by atoms with van der Waals surface area (Å²) in [7, 11) is 1.95. The van der Waals surface area contributed by atoms with Crippen LogP contribution in [0.15, 0.2) is 48.7 Å². The van der Waals surface area contributed by atoms with Gasteiger partial charge in [-0.15, -0.1) is 24.8 Å².